The summed E-state index contributed by atoms with van der Waals surface area (Å²) in [6.45, 7) is 3.32. The smallest absolute Gasteiger partial charge is 0.226 e. The van der Waals surface area contributed by atoms with Crippen molar-refractivity contribution in [2.45, 2.75) is 57.2 Å². The lowest BCUT2D eigenvalue weighted by atomic mass is 9.98. The number of aromatic nitrogens is 2. The third-order valence-electron chi connectivity index (χ3n) is 4.68. The van der Waals surface area contributed by atoms with Crippen LogP contribution in [0, 0.1) is 0 Å². The van der Waals surface area contributed by atoms with Crippen LogP contribution in [0.4, 0.5) is 11.8 Å². The summed E-state index contributed by atoms with van der Waals surface area (Å²) in [7, 11) is 3.99. The molecule has 2 unspecified atom stereocenters. The van der Waals surface area contributed by atoms with Crippen LogP contribution in [0.25, 0.3) is 0 Å². The van der Waals surface area contributed by atoms with Gasteiger partial charge in [-0.15, -0.1) is 0 Å². The molecule has 2 bridgehead atoms. The maximum atomic E-state index is 4.76. The van der Waals surface area contributed by atoms with Gasteiger partial charge in [0, 0.05) is 45.0 Å². The topological polar surface area (TPSA) is 44.3 Å². The van der Waals surface area contributed by atoms with E-state index in [1.165, 1.54) is 25.7 Å². The fourth-order valence-electron chi connectivity index (χ4n) is 3.72. The first-order valence-corrected chi connectivity index (χ1v) is 8.20. The summed E-state index contributed by atoms with van der Waals surface area (Å²) in [6, 6.07) is 4.10. The predicted molar refractivity (Wildman–Crippen MR) is 87.0 cm³/mol. The first kappa shape index (κ1) is 14.6. The Hall–Kier alpha value is -1.36. The largest absolute Gasteiger partial charge is 0.353 e. The molecule has 0 amide bonds. The van der Waals surface area contributed by atoms with Crippen LogP contribution < -0.4 is 15.1 Å². The molecule has 5 nitrogen and oxygen atoms in total. The second-order valence-corrected chi connectivity index (χ2v) is 6.57. The van der Waals surface area contributed by atoms with E-state index < -0.39 is 0 Å². The zero-order valence-electron chi connectivity index (χ0n) is 13.4. The van der Waals surface area contributed by atoms with Crippen molar-refractivity contribution in [2.24, 2.45) is 0 Å². The third kappa shape index (κ3) is 3.12. The minimum Gasteiger partial charge on any atom is -0.353 e. The molecule has 2 aliphatic rings. The van der Waals surface area contributed by atoms with Crippen molar-refractivity contribution in [1.82, 2.24) is 15.3 Å². The van der Waals surface area contributed by atoms with Crippen LogP contribution in [0.5, 0.6) is 0 Å². The molecule has 3 heterocycles. The summed E-state index contributed by atoms with van der Waals surface area (Å²) < 4.78 is 0. The Morgan fingerprint density at radius 1 is 1.24 bits per heavy atom. The molecule has 1 aromatic heterocycles. The normalized spacial score (nSPS) is 27.7. The molecule has 1 aromatic rings. The number of piperidine rings is 1. The summed E-state index contributed by atoms with van der Waals surface area (Å²) in [4.78, 5) is 13.6. The minimum absolute atomic E-state index is 0.619. The van der Waals surface area contributed by atoms with Gasteiger partial charge in [0.25, 0.3) is 0 Å². The highest BCUT2D eigenvalue weighted by Gasteiger charge is 2.36. The SMILES string of the molecule is CCCN(c1ccnc(N(C)C)n1)C1CC2CCC(C1)N2. The van der Waals surface area contributed by atoms with E-state index in [9.17, 15) is 0 Å². The number of hydrogen-bond acceptors (Lipinski definition) is 5. The molecule has 0 aromatic carbocycles. The molecule has 5 heteroatoms. The summed E-state index contributed by atoms with van der Waals surface area (Å²) in [5, 5.41) is 3.73. The second kappa shape index (κ2) is 6.18. The van der Waals surface area contributed by atoms with E-state index in [2.05, 4.69) is 28.2 Å². The molecule has 2 saturated heterocycles. The van der Waals surface area contributed by atoms with Crippen LogP contribution in [-0.2, 0) is 0 Å². The standard InChI is InChI=1S/C16H27N5/c1-4-9-21(14-10-12-5-6-13(11-14)18-12)15-7-8-17-16(19-15)20(2)3/h7-8,12-14,18H,4-6,9-11H2,1-3H3. The highest BCUT2D eigenvalue weighted by Crippen LogP contribution is 2.32. The molecule has 0 aliphatic carbocycles. The van der Waals surface area contributed by atoms with Gasteiger partial charge in [0.05, 0.1) is 0 Å². The number of fused-ring (bicyclic) bond motifs is 2. The van der Waals surface area contributed by atoms with Gasteiger partial charge in [0.1, 0.15) is 5.82 Å². The van der Waals surface area contributed by atoms with Crippen molar-refractivity contribution in [3.8, 4) is 0 Å². The van der Waals surface area contributed by atoms with E-state index in [0.717, 1.165) is 24.7 Å². The molecule has 0 saturated carbocycles. The van der Waals surface area contributed by atoms with Gasteiger partial charge >= 0.3 is 0 Å². The number of nitrogens with zero attached hydrogens (tertiary/aromatic N) is 4. The average molecular weight is 289 g/mol. The first-order chi connectivity index (χ1) is 10.2. The van der Waals surface area contributed by atoms with E-state index in [4.69, 9.17) is 4.98 Å². The Morgan fingerprint density at radius 3 is 2.57 bits per heavy atom. The lowest BCUT2D eigenvalue weighted by Gasteiger charge is -2.38. The number of anilines is 2. The van der Waals surface area contributed by atoms with Crippen LogP contribution in [-0.4, -0.2) is 48.7 Å². The quantitative estimate of drug-likeness (QED) is 0.898. The van der Waals surface area contributed by atoms with Crippen molar-refractivity contribution < 1.29 is 0 Å². The van der Waals surface area contributed by atoms with E-state index in [0.29, 0.717) is 18.1 Å². The van der Waals surface area contributed by atoms with E-state index in [1.807, 2.05) is 25.2 Å². The first-order valence-electron chi connectivity index (χ1n) is 8.20. The summed E-state index contributed by atoms with van der Waals surface area (Å²) in [5.41, 5.74) is 0. The lowest BCUT2D eigenvalue weighted by Crippen LogP contribution is -2.49. The molecule has 116 valence electrons. The van der Waals surface area contributed by atoms with Gasteiger partial charge in [-0.05, 0) is 38.2 Å². The van der Waals surface area contributed by atoms with Gasteiger partial charge in [-0.25, -0.2) is 4.98 Å². The zero-order chi connectivity index (χ0) is 14.8. The van der Waals surface area contributed by atoms with Crippen LogP contribution in [0.1, 0.15) is 39.0 Å². The van der Waals surface area contributed by atoms with E-state index in [-0.39, 0.29) is 0 Å². The van der Waals surface area contributed by atoms with Gasteiger partial charge in [-0.3, -0.25) is 0 Å². The Kier molecular flexibility index (Phi) is 4.29. The molecule has 2 aliphatic heterocycles. The van der Waals surface area contributed by atoms with Crippen molar-refractivity contribution >= 4 is 11.8 Å². The number of nitrogens with one attached hydrogen (secondary N) is 1. The van der Waals surface area contributed by atoms with Crippen molar-refractivity contribution in [2.75, 3.05) is 30.4 Å². The van der Waals surface area contributed by atoms with Gasteiger partial charge in [0.2, 0.25) is 5.95 Å². The molecule has 2 fully saturated rings. The average Bonchev–Trinajstić information content (AvgIpc) is 2.83. The van der Waals surface area contributed by atoms with Crippen LogP contribution in [0.2, 0.25) is 0 Å². The predicted octanol–water partition coefficient (Wildman–Crippen LogP) is 2.04. The highest BCUT2D eigenvalue weighted by molar-refractivity contribution is 5.44. The van der Waals surface area contributed by atoms with E-state index >= 15 is 0 Å². The summed E-state index contributed by atoms with van der Waals surface area (Å²) in [6.07, 6.45) is 8.22. The fraction of sp³-hybridized carbons (Fsp3) is 0.750. The fourth-order valence-corrected chi connectivity index (χ4v) is 3.72. The van der Waals surface area contributed by atoms with Crippen molar-refractivity contribution in [3.05, 3.63) is 12.3 Å². The highest BCUT2D eigenvalue weighted by atomic mass is 15.3. The maximum absolute atomic E-state index is 4.76. The van der Waals surface area contributed by atoms with E-state index in [1.54, 1.807) is 0 Å². The molecular formula is C16H27N5. The van der Waals surface area contributed by atoms with Gasteiger partial charge in [-0.2, -0.15) is 4.98 Å². The molecule has 0 radical (unpaired) electrons. The van der Waals surface area contributed by atoms with Crippen LogP contribution >= 0.6 is 0 Å². The molecule has 1 N–H and O–H groups in total. The molecule has 0 spiro atoms. The second-order valence-electron chi connectivity index (χ2n) is 6.57. The Morgan fingerprint density at radius 2 is 1.95 bits per heavy atom. The minimum atomic E-state index is 0.619. The maximum Gasteiger partial charge on any atom is 0.226 e. The zero-order valence-corrected chi connectivity index (χ0v) is 13.4. The van der Waals surface area contributed by atoms with Crippen molar-refractivity contribution in [1.29, 1.82) is 0 Å². The van der Waals surface area contributed by atoms with Crippen LogP contribution in [0.15, 0.2) is 12.3 Å². The Balaban J connectivity index is 1.82. The van der Waals surface area contributed by atoms with Crippen molar-refractivity contribution in [3.63, 3.8) is 0 Å². The molecule has 21 heavy (non-hydrogen) atoms. The van der Waals surface area contributed by atoms with Crippen LogP contribution in [0.3, 0.4) is 0 Å². The Labute approximate surface area is 127 Å². The van der Waals surface area contributed by atoms with Gasteiger partial charge < -0.3 is 15.1 Å². The third-order valence-corrected chi connectivity index (χ3v) is 4.68. The van der Waals surface area contributed by atoms with Gasteiger partial charge in [-0.1, -0.05) is 6.92 Å². The molecular weight excluding hydrogens is 262 g/mol. The lowest BCUT2D eigenvalue weighted by molar-refractivity contribution is 0.345. The number of rotatable bonds is 5. The van der Waals surface area contributed by atoms with Gasteiger partial charge in [0.15, 0.2) is 0 Å². The monoisotopic (exact) mass is 289 g/mol. The summed E-state index contributed by atoms with van der Waals surface area (Å²) in [5.74, 6) is 1.88. The summed E-state index contributed by atoms with van der Waals surface area (Å²) >= 11 is 0. The number of hydrogen-bond donors (Lipinski definition) is 1. The molecule has 2 atom stereocenters. The Bertz CT molecular complexity index is 463. The molecule has 3 rings (SSSR count).